The Kier molecular flexibility index (Phi) is 2.05. The molecule has 70 valence electrons. The van der Waals surface area contributed by atoms with Gasteiger partial charge in [0, 0.05) is 5.39 Å². The van der Waals surface area contributed by atoms with Gasteiger partial charge in [-0.3, -0.25) is 4.79 Å². The number of benzene rings is 1. The average molecular weight is 208 g/mol. The molecule has 1 heterocycles. The molecule has 1 aromatic heterocycles. The molecule has 1 aromatic carbocycles. The molecule has 5 heteroatoms. The van der Waals surface area contributed by atoms with E-state index in [9.17, 15) is 4.79 Å². The molecular formula is C9H6ClN3O. The van der Waals surface area contributed by atoms with Crippen LogP contribution in [0.25, 0.3) is 10.9 Å². The molecule has 0 amide bonds. The number of aromatic nitrogens is 2. The van der Waals surface area contributed by atoms with Crippen LogP contribution in [0.1, 0.15) is 10.6 Å². The van der Waals surface area contributed by atoms with Crippen molar-refractivity contribution in [1.82, 2.24) is 9.97 Å². The number of nitrogens with two attached hydrogens (primary N) is 1. The highest BCUT2D eigenvalue weighted by Gasteiger charge is 2.06. The van der Waals surface area contributed by atoms with Crippen LogP contribution in [-0.4, -0.2) is 16.3 Å². The van der Waals surface area contributed by atoms with Crippen LogP contribution in [0.15, 0.2) is 18.2 Å². The number of fused-ring (bicyclic) bond motifs is 1. The molecule has 2 aromatic rings. The second-order valence-electron chi connectivity index (χ2n) is 2.72. The Morgan fingerprint density at radius 1 is 1.36 bits per heavy atom. The van der Waals surface area contributed by atoms with Crippen LogP contribution in [0.4, 0.5) is 5.82 Å². The van der Waals surface area contributed by atoms with E-state index in [1.165, 1.54) is 0 Å². The first kappa shape index (κ1) is 8.90. The Labute approximate surface area is 84.7 Å². The summed E-state index contributed by atoms with van der Waals surface area (Å²) < 4.78 is 0. The zero-order valence-electron chi connectivity index (χ0n) is 7.07. The number of para-hydroxylation sites is 1. The van der Waals surface area contributed by atoms with E-state index in [0.29, 0.717) is 22.2 Å². The molecule has 0 saturated carbocycles. The summed E-state index contributed by atoms with van der Waals surface area (Å²) in [7, 11) is 0. The number of carbonyl (C=O) groups excluding carboxylic acids is 1. The van der Waals surface area contributed by atoms with Crippen LogP contribution in [0.2, 0.25) is 5.02 Å². The maximum atomic E-state index is 10.5. The summed E-state index contributed by atoms with van der Waals surface area (Å²) in [4.78, 5) is 18.3. The molecule has 2 rings (SSSR count). The van der Waals surface area contributed by atoms with Crippen LogP contribution >= 0.6 is 11.6 Å². The van der Waals surface area contributed by atoms with Gasteiger partial charge in [0.05, 0.1) is 10.5 Å². The number of hydrogen-bond donors (Lipinski definition) is 1. The standard InChI is InChI=1S/C9H6ClN3O/c10-6-3-1-2-5-8(6)12-7(4-14)13-9(5)11/h1-4H,(H2,11,12,13). The van der Waals surface area contributed by atoms with E-state index in [1.807, 2.05) is 0 Å². The number of rotatable bonds is 1. The van der Waals surface area contributed by atoms with Gasteiger partial charge in [-0.05, 0) is 12.1 Å². The summed E-state index contributed by atoms with van der Waals surface area (Å²) in [6, 6.07) is 5.20. The van der Waals surface area contributed by atoms with Crippen LogP contribution in [0.3, 0.4) is 0 Å². The number of carbonyl (C=O) groups is 1. The highest BCUT2D eigenvalue weighted by atomic mass is 35.5. The lowest BCUT2D eigenvalue weighted by Gasteiger charge is -2.02. The lowest BCUT2D eigenvalue weighted by molar-refractivity contribution is 0.111. The molecule has 14 heavy (non-hydrogen) atoms. The van der Waals surface area contributed by atoms with E-state index in [0.717, 1.165) is 0 Å². The van der Waals surface area contributed by atoms with Crippen molar-refractivity contribution in [2.45, 2.75) is 0 Å². The third-order valence-electron chi connectivity index (χ3n) is 1.83. The molecule has 0 saturated heterocycles. The summed E-state index contributed by atoms with van der Waals surface area (Å²) in [5, 5.41) is 1.11. The molecule has 0 aliphatic heterocycles. The molecule has 4 nitrogen and oxygen atoms in total. The second-order valence-corrected chi connectivity index (χ2v) is 3.13. The predicted molar refractivity (Wildman–Crippen MR) is 54.3 cm³/mol. The van der Waals surface area contributed by atoms with E-state index < -0.39 is 0 Å². The van der Waals surface area contributed by atoms with E-state index in [4.69, 9.17) is 17.3 Å². The monoisotopic (exact) mass is 207 g/mol. The van der Waals surface area contributed by atoms with E-state index >= 15 is 0 Å². The molecule has 2 N–H and O–H groups in total. The minimum atomic E-state index is 0.0445. The van der Waals surface area contributed by atoms with Crippen molar-refractivity contribution in [2.24, 2.45) is 0 Å². The number of hydrogen-bond acceptors (Lipinski definition) is 4. The first-order valence-electron chi connectivity index (χ1n) is 3.89. The minimum absolute atomic E-state index is 0.0445. The average Bonchev–Trinajstić information content (AvgIpc) is 2.19. The first-order chi connectivity index (χ1) is 6.72. The second kappa shape index (κ2) is 3.23. The molecule has 0 spiro atoms. The summed E-state index contributed by atoms with van der Waals surface area (Å²) in [6.45, 7) is 0. The number of nitrogens with zero attached hydrogens (tertiary/aromatic N) is 2. The lowest BCUT2D eigenvalue weighted by Crippen LogP contribution is -1.99. The fourth-order valence-electron chi connectivity index (χ4n) is 1.21. The Balaban J connectivity index is 2.90. The molecule has 0 unspecified atom stereocenters. The Hall–Kier alpha value is -1.68. The highest BCUT2D eigenvalue weighted by molar-refractivity contribution is 6.35. The first-order valence-corrected chi connectivity index (χ1v) is 4.27. The number of aldehydes is 1. The molecule has 0 atom stereocenters. The number of anilines is 1. The van der Waals surface area contributed by atoms with Crippen LogP contribution in [0.5, 0.6) is 0 Å². The summed E-state index contributed by atoms with van der Waals surface area (Å²) in [6.07, 6.45) is 0.541. The zero-order valence-corrected chi connectivity index (χ0v) is 7.82. The van der Waals surface area contributed by atoms with Gasteiger partial charge in [0.1, 0.15) is 5.82 Å². The molecule has 0 bridgehead atoms. The fraction of sp³-hybridized carbons (Fsp3) is 0. The maximum absolute atomic E-state index is 10.5. The fourth-order valence-corrected chi connectivity index (χ4v) is 1.43. The maximum Gasteiger partial charge on any atom is 0.195 e. The Morgan fingerprint density at radius 3 is 2.86 bits per heavy atom. The van der Waals surface area contributed by atoms with Crippen molar-refractivity contribution >= 4 is 34.6 Å². The molecule has 0 radical (unpaired) electrons. The smallest absolute Gasteiger partial charge is 0.195 e. The lowest BCUT2D eigenvalue weighted by atomic mass is 10.2. The van der Waals surface area contributed by atoms with Crippen LogP contribution in [0, 0.1) is 0 Å². The highest BCUT2D eigenvalue weighted by Crippen LogP contribution is 2.24. The van der Waals surface area contributed by atoms with Crippen LogP contribution < -0.4 is 5.73 Å². The normalized spacial score (nSPS) is 10.4. The minimum Gasteiger partial charge on any atom is -0.383 e. The summed E-state index contributed by atoms with van der Waals surface area (Å²) >= 11 is 5.90. The van der Waals surface area contributed by atoms with Gasteiger partial charge in [-0.25, -0.2) is 9.97 Å². The molecule has 0 aliphatic rings. The van der Waals surface area contributed by atoms with Gasteiger partial charge in [0.25, 0.3) is 0 Å². The van der Waals surface area contributed by atoms with Gasteiger partial charge in [-0.1, -0.05) is 17.7 Å². The van der Waals surface area contributed by atoms with Crippen molar-refractivity contribution in [3.63, 3.8) is 0 Å². The topological polar surface area (TPSA) is 68.9 Å². The number of halogens is 1. The quantitative estimate of drug-likeness (QED) is 0.723. The van der Waals surface area contributed by atoms with Crippen molar-refractivity contribution in [2.75, 3.05) is 5.73 Å². The van der Waals surface area contributed by atoms with Gasteiger partial charge in [-0.2, -0.15) is 0 Å². The molecule has 0 aliphatic carbocycles. The third-order valence-corrected chi connectivity index (χ3v) is 2.13. The number of nitrogen functional groups attached to an aromatic ring is 1. The predicted octanol–water partition coefficient (Wildman–Crippen LogP) is 1.68. The Morgan fingerprint density at radius 2 is 2.14 bits per heavy atom. The SMILES string of the molecule is Nc1nc(C=O)nc2c(Cl)cccc12. The van der Waals surface area contributed by atoms with Gasteiger partial charge < -0.3 is 5.73 Å². The molecular weight excluding hydrogens is 202 g/mol. The largest absolute Gasteiger partial charge is 0.383 e. The van der Waals surface area contributed by atoms with Gasteiger partial charge in [0.15, 0.2) is 12.1 Å². The molecule has 0 fully saturated rings. The zero-order chi connectivity index (χ0) is 10.1. The Bertz CT molecular complexity index is 513. The third kappa shape index (κ3) is 1.29. The van der Waals surface area contributed by atoms with Gasteiger partial charge in [-0.15, -0.1) is 0 Å². The van der Waals surface area contributed by atoms with Crippen molar-refractivity contribution < 1.29 is 4.79 Å². The van der Waals surface area contributed by atoms with Crippen LogP contribution in [-0.2, 0) is 0 Å². The summed E-state index contributed by atoms with van der Waals surface area (Å²) in [5.41, 5.74) is 6.14. The van der Waals surface area contributed by atoms with Gasteiger partial charge in [0.2, 0.25) is 0 Å². The van der Waals surface area contributed by atoms with Crippen molar-refractivity contribution in [3.05, 3.63) is 29.0 Å². The van der Waals surface area contributed by atoms with E-state index in [-0.39, 0.29) is 11.6 Å². The van der Waals surface area contributed by atoms with Crippen molar-refractivity contribution in [1.29, 1.82) is 0 Å². The summed E-state index contributed by atoms with van der Waals surface area (Å²) in [5.74, 6) is 0.308. The van der Waals surface area contributed by atoms with E-state index in [1.54, 1.807) is 18.2 Å². The van der Waals surface area contributed by atoms with E-state index in [2.05, 4.69) is 9.97 Å². The van der Waals surface area contributed by atoms with Gasteiger partial charge >= 0.3 is 0 Å². The van der Waals surface area contributed by atoms with Crippen molar-refractivity contribution in [3.8, 4) is 0 Å².